The monoisotopic (exact) mass is 392 g/mol. The van der Waals surface area contributed by atoms with Crippen molar-refractivity contribution in [2.24, 2.45) is 4.99 Å². The molecule has 0 spiro atoms. The largest absolute Gasteiger partial charge is 0.385 e. The quantitative estimate of drug-likeness (QED) is 0.510. The van der Waals surface area contributed by atoms with Crippen LogP contribution >= 0.6 is 34.7 Å². The highest BCUT2D eigenvalue weighted by molar-refractivity contribution is 8.18. The van der Waals surface area contributed by atoms with Crippen molar-refractivity contribution in [1.29, 1.82) is 0 Å². The highest BCUT2D eigenvalue weighted by atomic mass is 35.5. The molecule has 7 heteroatoms. The molecule has 0 unspecified atom stereocenters. The van der Waals surface area contributed by atoms with Gasteiger partial charge in [-0.15, -0.1) is 11.3 Å². The minimum atomic E-state index is -0.0275. The molecule has 0 saturated carbocycles. The maximum Gasteiger partial charge on any atom is 0.266 e. The first-order valence-corrected chi connectivity index (χ1v) is 9.78. The molecule has 25 heavy (non-hydrogen) atoms. The van der Waals surface area contributed by atoms with Gasteiger partial charge in [0.15, 0.2) is 5.17 Å². The molecule has 1 aliphatic rings. The molecule has 4 nitrogen and oxygen atoms in total. The number of nitrogens with zero attached hydrogens (tertiary/aromatic N) is 2. The first-order chi connectivity index (χ1) is 12.2. The van der Waals surface area contributed by atoms with Gasteiger partial charge in [0.2, 0.25) is 0 Å². The Labute approximate surface area is 160 Å². The third-order valence-electron chi connectivity index (χ3n) is 3.47. The van der Waals surface area contributed by atoms with Gasteiger partial charge in [-0.1, -0.05) is 29.8 Å². The maximum absolute atomic E-state index is 12.8. The third kappa shape index (κ3) is 4.73. The lowest BCUT2D eigenvalue weighted by Gasteiger charge is -2.15. The molecule has 1 aromatic carbocycles. The molecule has 2 heterocycles. The molecule has 1 aromatic heterocycles. The molecule has 1 fully saturated rings. The molecule has 1 saturated heterocycles. The third-order valence-corrected chi connectivity index (χ3v) is 5.65. The fraction of sp³-hybridized carbons (Fsp3) is 0.222. The fourth-order valence-corrected chi connectivity index (χ4v) is 4.40. The number of benzene rings is 1. The van der Waals surface area contributed by atoms with E-state index in [-0.39, 0.29) is 5.91 Å². The molecule has 1 amide bonds. The van der Waals surface area contributed by atoms with E-state index in [1.54, 1.807) is 12.0 Å². The van der Waals surface area contributed by atoms with Crippen molar-refractivity contribution < 1.29 is 9.53 Å². The van der Waals surface area contributed by atoms with Crippen LogP contribution in [-0.4, -0.2) is 36.2 Å². The molecule has 0 atom stereocenters. The second-order valence-corrected chi connectivity index (χ2v) is 8.04. The molecule has 1 aliphatic heterocycles. The average Bonchev–Trinajstić information content (AvgIpc) is 3.14. The van der Waals surface area contributed by atoms with Crippen molar-refractivity contribution in [3.63, 3.8) is 0 Å². The van der Waals surface area contributed by atoms with Crippen LogP contribution in [0.5, 0.6) is 0 Å². The van der Waals surface area contributed by atoms with E-state index in [1.165, 1.54) is 23.1 Å². The number of carbonyl (C=O) groups excluding carboxylic acids is 1. The molecule has 0 aliphatic carbocycles. The molecule has 3 rings (SSSR count). The average molecular weight is 393 g/mol. The van der Waals surface area contributed by atoms with Crippen molar-refractivity contribution >= 4 is 57.5 Å². The van der Waals surface area contributed by atoms with E-state index in [1.807, 2.05) is 48.5 Å². The van der Waals surface area contributed by atoms with Gasteiger partial charge in [0, 0.05) is 25.1 Å². The number of ether oxygens (including phenoxy) is 1. The van der Waals surface area contributed by atoms with E-state index in [0.717, 1.165) is 17.0 Å². The molecular weight excluding hydrogens is 376 g/mol. The summed E-state index contributed by atoms with van der Waals surface area (Å²) in [5, 5.41) is 0.696. The van der Waals surface area contributed by atoms with Crippen molar-refractivity contribution in [2.75, 3.05) is 20.3 Å². The minimum Gasteiger partial charge on any atom is -0.385 e. The summed E-state index contributed by atoms with van der Waals surface area (Å²) in [4.78, 5) is 20.8. The van der Waals surface area contributed by atoms with Crippen LogP contribution in [0, 0.1) is 0 Å². The zero-order chi connectivity index (χ0) is 17.6. The van der Waals surface area contributed by atoms with E-state index in [0.29, 0.717) is 27.6 Å². The molecule has 2 aromatic rings. The molecular formula is C18H17ClN2O2S2. The number of hydrogen-bond donors (Lipinski definition) is 0. The highest BCUT2D eigenvalue weighted by Gasteiger charge is 2.33. The van der Waals surface area contributed by atoms with Crippen LogP contribution in [0.15, 0.2) is 52.4 Å². The van der Waals surface area contributed by atoms with Gasteiger partial charge >= 0.3 is 0 Å². The van der Waals surface area contributed by atoms with Crippen molar-refractivity contribution in [3.8, 4) is 0 Å². The molecule has 0 radical (unpaired) electrons. The number of amidine groups is 1. The van der Waals surface area contributed by atoms with Crippen LogP contribution in [0.1, 0.15) is 11.3 Å². The van der Waals surface area contributed by atoms with E-state index in [2.05, 4.69) is 4.99 Å². The Morgan fingerprint density at radius 1 is 1.24 bits per heavy atom. The fourth-order valence-electron chi connectivity index (χ4n) is 2.30. The van der Waals surface area contributed by atoms with Crippen LogP contribution in [0.3, 0.4) is 0 Å². The van der Waals surface area contributed by atoms with E-state index >= 15 is 0 Å². The van der Waals surface area contributed by atoms with Crippen LogP contribution < -0.4 is 0 Å². The van der Waals surface area contributed by atoms with Gasteiger partial charge in [0.05, 0.1) is 14.9 Å². The van der Waals surface area contributed by atoms with Gasteiger partial charge < -0.3 is 4.74 Å². The predicted octanol–water partition coefficient (Wildman–Crippen LogP) is 5.04. The maximum atomic E-state index is 12.8. The number of para-hydroxylation sites is 1. The Morgan fingerprint density at radius 3 is 2.72 bits per heavy atom. The standard InChI is InChI=1S/C18H17ClN2O2S2/c1-23-11-5-10-21-17(22)15(12-14-8-9-16(19)24-14)25-18(21)20-13-6-3-2-4-7-13/h2-4,6-9,12H,5,10-11H2,1H3/b15-12-,20-18?. The Morgan fingerprint density at radius 2 is 2.04 bits per heavy atom. The predicted molar refractivity (Wildman–Crippen MR) is 107 cm³/mol. The highest BCUT2D eigenvalue weighted by Crippen LogP contribution is 2.35. The van der Waals surface area contributed by atoms with E-state index in [9.17, 15) is 4.79 Å². The summed E-state index contributed by atoms with van der Waals surface area (Å²) in [5.74, 6) is -0.0275. The summed E-state index contributed by atoms with van der Waals surface area (Å²) in [7, 11) is 1.66. The summed E-state index contributed by atoms with van der Waals surface area (Å²) < 4.78 is 5.81. The summed E-state index contributed by atoms with van der Waals surface area (Å²) in [6.07, 6.45) is 2.63. The minimum absolute atomic E-state index is 0.0275. The summed E-state index contributed by atoms with van der Waals surface area (Å²) >= 11 is 8.82. The zero-order valence-electron chi connectivity index (χ0n) is 13.6. The number of halogens is 1. The second-order valence-electron chi connectivity index (χ2n) is 5.29. The first-order valence-electron chi connectivity index (χ1n) is 7.77. The zero-order valence-corrected chi connectivity index (χ0v) is 16.0. The topological polar surface area (TPSA) is 41.9 Å². The summed E-state index contributed by atoms with van der Waals surface area (Å²) in [6.45, 7) is 1.18. The number of thioether (sulfide) groups is 1. The molecule has 0 N–H and O–H groups in total. The van der Waals surface area contributed by atoms with Crippen LogP contribution in [0.25, 0.3) is 6.08 Å². The number of methoxy groups -OCH3 is 1. The smallest absolute Gasteiger partial charge is 0.266 e. The Bertz CT molecular complexity index is 802. The van der Waals surface area contributed by atoms with Gasteiger partial charge in [0.1, 0.15) is 0 Å². The van der Waals surface area contributed by atoms with Gasteiger partial charge in [-0.05, 0) is 48.5 Å². The van der Waals surface area contributed by atoms with Gasteiger partial charge in [-0.2, -0.15) is 0 Å². The van der Waals surface area contributed by atoms with Gasteiger partial charge in [0.25, 0.3) is 5.91 Å². The summed E-state index contributed by atoms with van der Waals surface area (Å²) in [6, 6.07) is 13.4. The normalized spacial score (nSPS) is 17.8. The van der Waals surface area contributed by atoms with Gasteiger partial charge in [-0.3, -0.25) is 9.69 Å². The van der Waals surface area contributed by atoms with Crippen molar-refractivity contribution in [3.05, 3.63) is 56.6 Å². The molecule has 0 bridgehead atoms. The van der Waals surface area contributed by atoms with E-state index < -0.39 is 0 Å². The Hall–Kier alpha value is -1.60. The number of rotatable bonds is 6. The summed E-state index contributed by atoms with van der Waals surface area (Å²) in [5.41, 5.74) is 0.829. The van der Waals surface area contributed by atoms with Crippen molar-refractivity contribution in [2.45, 2.75) is 6.42 Å². The number of thiophene rings is 1. The number of hydrogen-bond acceptors (Lipinski definition) is 5. The van der Waals surface area contributed by atoms with Crippen LogP contribution in [0.4, 0.5) is 5.69 Å². The number of amides is 1. The Balaban J connectivity index is 1.87. The molecule has 130 valence electrons. The van der Waals surface area contributed by atoms with Crippen LogP contribution in [0.2, 0.25) is 4.34 Å². The lowest BCUT2D eigenvalue weighted by molar-refractivity contribution is -0.122. The lowest BCUT2D eigenvalue weighted by atomic mass is 10.3. The SMILES string of the molecule is COCCCN1C(=O)/C(=C/c2ccc(Cl)s2)SC1=Nc1ccccc1. The number of aliphatic imine (C=N–C) groups is 1. The second kappa shape index (κ2) is 8.67. The van der Waals surface area contributed by atoms with Gasteiger partial charge in [-0.25, -0.2) is 4.99 Å². The first kappa shape index (κ1) is 18.2. The lowest BCUT2D eigenvalue weighted by Crippen LogP contribution is -2.30. The van der Waals surface area contributed by atoms with Crippen LogP contribution in [-0.2, 0) is 9.53 Å². The number of carbonyl (C=O) groups is 1. The Kier molecular flexibility index (Phi) is 6.31. The van der Waals surface area contributed by atoms with Crippen molar-refractivity contribution in [1.82, 2.24) is 4.90 Å². The van der Waals surface area contributed by atoms with E-state index in [4.69, 9.17) is 16.3 Å².